The van der Waals surface area contributed by atoms with E-state index in [-0.39, 0.29) is 21.8 Å². The van der Waals surface area contributed by atoms with E-state index < -0.39 is 49.4 Å². The molecule has 0 aliphatic heterocycles. The highest BCUT2D eigenvalue weighted by Crippen LogP contribution is 2.50. The first kappa shape index (κ1) is 24.0. The molecule has 0 unspecified atom stereocenters. The second-order valence-corrected chi connectivity index (χ2v) is 11.7. The maximum absolute atomic E-state index is 14.4. The molecule has 0 saturated heterocycles. The molecule has 2 aromatic heterocycles. The molecule has 0 radical (unpaired) electrons. The zero-order valence-corrected chi connectivity index (χ0v) is 19.4. The highest BCUT2D eigenvalue weighted by molar-refractivity contribution is 7.93. The van der Waals surface area contributed by atoms with E-state index in [2.05, 4.69) is 14.7 Å². The van der Waals surface area contributed by atoms with E-state index >= 15 is 0 Å². The van der Waals surface area contributed by atoms with Crippen molar-refractivity contribution in [3.8, 4) is 0 Å². The maximum Gasteiger partial charge on any atom is 0.433 e. The number of aromatic nitrogens is 1. The number of hydrogen-bond donors (Lipinski definition) is 3. The van der Waals surface area contributed by atoms with Crippen molar-refractivity contribution in [3.05, 3.63) is 39.3 Å². The van der Waals surface area contributed by atoms with Gasteiger partial charge in [0, 0.05) is 16.1 Å². The van der Waals surface area contributed by atoms with Gasteiger partial charge in [-0.15, -0.1) is 15.7 Å². The number of amides is 2. The van der Waals surface area contributed by atoms with Gasteiger partial charge in [-0.25, -0.2) is 23.5 Å². The molecule has 4 N–H and O–H groups in total. The lowest BCUT2D eigenvalue weighted by Crippen LogP contribution is -2.21. The van der Waals surface area contributed by atoms with Crippen LogP contribution < -0.4 is 10.5 Å². The van der Waals surface area contributed by atoms with Crippen molar-refractivity contribution in [1.29, 1.82) is 0 Å². The number of aryl methyl sites for hydroxylation is 1. The molecule has 2 aromatic rings. The molecule has 4 rings (SSSR count). The Hall–Kier alpha value is -2.09. The number of nitrogens with one attached hydrogen (secondary N) is 1. The lowest BCUT2D eigenvalue weighted by atomic mass is 10.00. The summed E-state index contributed by atoms with van der Waals surface area (Å²) in [6, 6.07) is -0.285. The van der Waals surface area contributed by atoms with Crippen LogP contribution in [0.2, 0.25) is 0 Å². The van der Waals surface area contributed by atoms with Gasteiger partial charge in [0.1, 0.15) is 5.69 Å². The maximum atomic E-state index is 14.4. The SMILES string of the molecule is CC(C)(O)c1cc(F)c([S@@](N)(=O)=NC(=O)Nc2c3c(nc(C(F)(F)F)c2C2CC2)CCC3)s1. The first-order valence-electron chi connectivity index (χ1n) is 10.2. The standard InChI is InChI=1S/C20H22F4N4O3S2/c1-19(2,30)13-8-11(21)17(32-13)33(25,31)28-18(29)27-15-10-4-3-5-12(10)26-16(20(22,23)24)14(15)9-6-7-9/h8-9,30H,3-7H2,1-2H3,(H3,25,26,27,28,29,31)/t33-/m0/s1. The second-order valence-electron chi connectivity index (χ2n) is 8.70. The van der Waals surface area contributed by atoms with E-state index in [1.807, 2.05) is 0 Å². The fraction of sp³-hybridized carbons (Fsp3) is 0.500. The van der Waals surface area contributed by atoms with Crippen LogP contribution in [-0.2, 0) is 34.5 Å². The van der Waals surface area contributed by atoms with Crippen molar-refractivity contribution >= 4 is 33.0 Å². The number of rotatable bonds is 4. The van der Waals surface area contributed by atoms with Crippen molar-refractivity contribution < 1.29 is 31.7 Å². The van der Waals surface area contributed by atoms with Gasteiger partial charge in [-0.3, -0.25) is 0 Å². The summed E-state index contributed by atoms with van der Waals surface area (Å²) in [5, 5.41) is 18.1. The van der Waals surface area contributed by atoms with E-state index in [1.54, 1.807) is 0 Å². The van der Waals surface area contributed by atoms with Gasteiger partial charge < -0.3 is 10.4 Å². The number of aliphatic hydroxyl groups is 1. The third-order valence-electron chi connectivity index (χ3n) is 5.49. The molecule has 1 atom stereocenters. The van der Waals surface area contributed by atoms with Gasteiger partial charge >= 0.3 is 12.2 Å². The highest BCUT2D eigenvalue weighted by Gasteiger charge is 2.43. The largest absolute Gasteiger partial charge is 0.433 e. The first-order valence-corrected chi connectivity index (χ1v) is 12.6. The van der Waals surface area contributed by atoms with Crippen LogP contribution in [0, 0.1) is 5.82 Å². The van der Waals surface area contributed by atoms with Crippen LogP contribution in [0.15, 0.2) is 14.6 Å². The first-order chi connectivity index (χ1) is 15.2. The summed E-state index contributed by atoms with van der Waals surface area (Å²) in [5.74, 6) is -1.40. The zero-order chi connectivity index (χ0) is 24.3. The number of fused-ring (bicyclic) bond motifs is 1. The number of anilines is 1. The number of halogens is 4. The van der Waals surface area contributed by atoms with Crippen molar-refractivity contribution in [2.75, 3.05) is 5.32 Å². The Bertz CT molecular complexity index is 1250. The molecule has 0 bridgehead atoms. The third-order valence-corrected chi connectivity index (χ3v) is 8.84. The van der Waals surface area contributed by atoms with E-state index in [0.29, 0.717) is 49.0 Å². The molecule has 13 heteroatoms. The number of nitrogens with two attached hydrogens (primary N) is 1. The van der Waals surface area contributed by atoms with Crippen LogP contribution in [0.3, 0.4) is 0 Å². The predicted molar refractivity (Wildman–Crippen MR) is 115 cm³/mol. The van der Waals surface area contributed by atoms with Crippen LogP contribution in [0.1, 0.15) is 66.4 Å². The van der Waals surface area contributed by atoms with Gasteiger partial charge in [-0.2, -0.15) is 13.2 Å². The number of urea groups is 1. The lowest BCUT2D eigenvalue weighted by molar-refractivity contribution is -0.141. The van der Waals surface area contributed by atoms with Crippen LogP contribution >= 0.6 is 11.3 Å². The molecule has 2 heterocycles. The number of nitrogens with zero attached hydrogens (tertiary/aromatic N) is 2. The smallest absolute Gasteiger partial charge is 0.385 e. The Morgan fingerprint density at radius 1 is 1.33 bits per heavy atom. The average molecular weight is 507 g/mol. The summed E-state index contributed by atoms with van der Waals surface area (Å²) in [6.07, 6.45) is -2.29. The van der Waals surface area contributed by atoms with E-state index in [9.17, 15) is 31.7 Å². The van der Waals surface area contributed by atoms with Gasteiger partial charge in [0.05, 0.1) is 11.3 Å². The topological polar surface area (TPSA) is 118 Å². The summed E-state index contributed by atoms with van der Waals surface area (Å²) in [4.78, 5) is 16.6. The molecule has 33 heavy (non-hydrogen) atoms. The zero-order valence-electron chi connectivity index (χ0n) is 17.8. The number of carbonyl (C=O) groups excluding carboxylic acids is 1. The van der Waals surface area contributed by atoms with Gasteiger partial charge in [-0.1, -0.05) is 0 Å². The van der Waals surface area contributed by atoms with Crippen LogP contribution in [0.4, 0.5) is 28.0 Å². The van der Waals surface area contributed by atoms with Gasteiger partial charge in [-0.05, 0) is 63.5 Å². The Morgan fingerprint density at radius 2 is 2.00 bits per heavy atom. The average Bonchev–Trinajstić information content (AvgIpc) is 3.22. The molecule has 2 amide bonds. The Morgan fingerprint density at radius 3 is 2.55 bits per heavy atom. The Kier molecular flexibility index (Phi) is 5.83. The minimum atomic E-state index is -4.71. The fourth-order valence-corrected chi connectivity index (χ4v) is 6.21. The number of alkyl halides is 3. The molecule has 1 fully saturated rings. The van der Waals surface area contributed by atoms with Crippen molar-refractivity contribution in [2.24, 2.45) is 9.50 Å². The number of thiophene rings is 1. The summed E-state index contributed by atoms with van der Waals surface area (Å²) in [6.45, 7) is 2.79. The van der Waals surface area contributed by atoms with E-state index in [0.717, 1.165) is 6.07 Å². The minimum absolute atomic E-state index is 0.0138. The van der Waals surface area contributed by atoms with Crippen molar-refractivity contribution in [1.82, 2.24) is 4.98 Å². The normalized spacial score (nSPS) is 18.1. The lowest BCUT2D eigenvalue weighted by Gasteiger charge is -2.19. The van der Waals surface area contributed by atoms with Crippen LogP contribution in [0.25, 0.3) is 0 Å². The van der Waals surface area contributed by atoms with Gasteiger partial charge in [0.2, 0.25) is 0 Å². The van der Waals surface area contributed by atoms with Gasteiger partial charge in [0.25, 0.3) is 0 Å². The van der Waals surface area contributed by atoms with Crippen LogP contribution in [-0.4, -0.2) is 20.3 Å². The minimum Gasteiger partial charge on any atom is -0.385 e. The van der Waals surface area contributed by atoms with E-state index in [1.165, 1.54) is 13.8 Å². The highest BCUT2D eigenvalue weighted by atomic mass is 32.2. The summed E-state index contributed by atoms with van der Waals surface area (Å²) >= 11 is 0.608. The second kappa shape index (κ2) is 8.00. The summed E-state index contributed by atoms with van der Waals surface area (Å²) in [7, 11) is -4.06. The van der Waals surface area contributed by atoms with Crippen LogP contribution in [0.5, 0.6) is 0 Å². The third kappa shape index (κ3) is 4.77. The molecule has 2 aliphatic carbocycles. The molecular formula is C20H22F4N4O3S2. The predicted octanol–water partition coefficient (Wildman–Crippen LogP) is 4.83. The molecule has 0 spiro atoms. The molecule has 7 nitrogen and oxygen atoms in total. The monoisotopic (exact) mass is 506 g/mol. The quantitative estimate of drug-likeness (QED) is 0.515. The number of carbonyl (C=O) groups is 1. The molecule has 2 aliphatic rings. The fourth-order valence-electron chi connectivity index (χ4n) is 3.87. The molecule has 0 aromatic carbocycles. The summed E-state index contributed by atoms with van der Waals surface area (Å²) < 4.78 is 71.3. The Balaban J connectivity index is 1.75. The Labute approximate surface area is 191 Å². The molecule has 180 valence electrons. The van der Waals surface area contributed by atoms with Crippen molar-refractivity contribution in [3.63, 3.8) is 0 Å². The molecular weight excluding hydrogens is 484 g/mol. The molecule has 1 saturated carbocycles. The van der Waals surface area contributed by atoms with Gasteiger partial charge in [0.15, 0.2) is 19.9 Å². The number of pyridine rings is 1. The summed E-state index contributed by atoms with van der Waals surface area (Å²) in [5.41, 5.74) is -1.82. The van der Waals surface area contributed by atoms with E-state index in [4.69, 9.17) is 5.14 Å². The van der Waals surface area contributed by atoms with Crippen molar-refractivity contribution in [2.45, 2.75) is 67.9 Å². The number of hydrogen-bond acceptors (Lipinski definition) is 5.